The molecule has 0 aromatic rings. The van der Waals surface area contributed by atoms with Crippen LogP contribution in [-0.4, -0.2) is 42.8 Å². The smallest absolute Gasteiger partial charge is 0.234 e. The van der Waals surface area contributed by atoms with Gasteiger partial charge in [-0.25, -0.2) is 0 Å². The van der Waals surface area contributed by atoms with Crippen molar-refractivity contribution in [1.82, 2.24) is 10.2 Å². The van der Waals surface area contributed by atoms with Crippen LogP contribution in [0.15, 0.2) is 0 Å². The largest absolute Gasteiger partial charge is 0.355 e. The van der Waals surface area contributed by atoms with Crippen molar-refractivity contribution in [2.45, 2.75) is 39.5 Å². The lowest BCUT2D eigenvalue weighted by Gasteiger charge is -2.30. The van der Waals surface area contributed by atoms with Crippen molar-refractivity contribution < 1.29 is 9.59 Å². The molecule has 0 atom stereocenters. The molecule has 0 radical (unpaired) electrons. The van der Waals surface area contributed by atoms with E-state index in [2.05, 4.69) is 17.1 Å². The molecule has 0 spiro atoms. The normalized spacial score (nSPS) is 18.0. The number of nitrogens with zero attached hydrogens (tertiary/aromatic N) is 1. The number of hydrogen-bond donors (Lipinski definition) is 1. The molecule has 4 nitrogen and oxygen atoms in total. The predicted molar refractivity (Wildman–Crippen MR) is 67.8 cm³/mol. The molecule has 0 saturated carbocycles. The van der Waals surface area contributed by atoms with E-state index in [-0.39, 0.29) is 17.6 Å². The first-order valence-corrected chi connectivity index (χ1v) is 6.63. The second-order valence-corrected chi connectivity index (χ2v) is 4.86. The summed E-state index contributed by atoms with van der Waals surface area (Å²) in [5.41, 5.74) is 0. The highest BCUT2D eigenvalue weighted by Crippen LogP contribution is 2.17. The van der Waals surface area contributed by atoms with Gasteiger partial charge in [-0.2, -0.15) is 0 Å². The van der Waals surface area contributed by atoms with Crippen molar-refractivity contribution in [1.29, 1.82) is 0 Å². The third-order valence-electron chi connectivity index (χ3n) is 3.38. The highest BCUT2D eigenvalue weighted by atomic mass is 16.2. The number of Topliss-reactive ketones (excluding diaryl/α,β-unsaturated/α-hetero) is 1. The summed E-state index contributed by atoms with van der Waals surface area (Å²) in [7, 11) is 0. The second kappa shape index (κ2) is 7.43. The van der Waals surface area contributed by atoms with Gasteiger partial charge in [-0.15, -0.1) is 0 Å². The first-order chi connectivity index (χ1) is 8.13. The van der Waals surface area contributed by atoms with Crippen LogP contribution in [0.3, 0.4) is 0 Å². The molecule has 1 N–H and O–H groups in total. The van der Waals surface area contributed by atoms with Gasteiger partial charge >= 0.3 is 0 Å². The van der Waals surface area contributed by atoms with E-state index < -0.39 is 0 Å². The molecule has 0 bridgehead atoms. The fourth-order valence-corrected chi connectivity index (χ4v) is 2.16. The number of carbonyl (C=O) groups excluding carboxylic acids is 2. The molecule has 1 amide bonds. The molecule has 0 aliphatic carbocycles. The maximum absolute atomic E-state index is 11.6. The maximum Gasteiger partial charge on any atom is 0.234 e. The van der Waals surface area contributed by atoms with Gasteiger partial charge in [-0.1, -0.05) is 13.3 Å². The first kappa shape index (κ1) is 14.2. The van der Waals surface area contributed by atoms with Gasteiger partial charge in [0.1, 0.15) is 5.78 Å². The van der Waals surface area contributed by atoms with Crippen LogP contribution in [0.25, 0.3) is 0 Å². The summed E-state index contributed by atoms with van der Waals surface area (Å²) in [6.07, 6.45) is 3.94. The zero-order valence-electron chi connectivity index (χ0n) is 11.0. The molecule has 1 heterocycles. The van der Waals surface area contributed by atoms with Crippen LogP contribution in [0.4, 0.5) is 0 Å². The van der Waals surface area contributed by atoms with Crippen LogP contribution in [0.5, 0.6) is 0 Å². The Hall–Kier alpha value is -0.900. The molecular formula is C13H24N2O2. The van der Waals surface area contributed by atoms with Gasteiger partial charge in [0.15, 0.2) is 0 Å². The summed E-state index contributed by atoms with van der Waals surface area (Å²) in [6, 6.07) is 0. The third-order valence-corrected chi connectivity index (χ3v) is 3.38. The summed E-state index contributed by atoms with van der Waals surface area (Å²) in [6.45, 7) is 6.76. The monoisotopic (exact) mass is 240 g/mol. The zero-order chi connectivity index (χ0) is 12.7. The summed E-state index contributed by atoms with van der Waals surface area (Å²) >= 11 is 0. The maximum atomic E-state index is 11.6. The lowest BCUT2D eigenvalue weighted by molar-refractivity contribution is -0.123. The van der Waals surface area contributed by atoms with Crippen LogP contribution in [0, 0.1) is 5.92 Å². The Balaban J connectivity index is 2.17. The Morgan fingerprint density at radius 2 is 1.94 bits per heavy atom. The highest BCUT2D eigenvalue weighted by Gasteiger charge is 2.23. The van der Waals surface area contributed by atoms with E-state index in [1.54, 1.807) is 6.92 Å². The van der Waals surface area contributed by atoms with E-state index in [9.17, 15) is 9.59 Å². The zero-order valence-corrected chi connectivity index (χ0v) is 11.0. The molecule has 4 heteroatoms. The number of amides is 1. The van der Waals surface area contributed by atoms with Crippen molar-refractivity contribution >= 4 is 11.7 Å². The Kier molecular flexibility index (Phi) is 6.19. The van der Waals surface area contributed by atoms with Gasteiger partial charge < -0.3 is 5.32 Å². The van der Waals surface area contributed by atoms with Crippen LogP contribution in [0.1, 0.15) is 39.5 Å². The van der Waals surface area contributed by atoms with E-state index in [4.69, 9.17) is 0 Å². The van der Waals surface area contributed by atoms with Gasteiger partial charge in [0.05, 0.1) is 6.54 Å². The number of rotatable bonds is 6. The Morgan fingerprint density at radius 3 is 2.47 bits per heavy atom. The van der Waals surface area contributed by atoms with E-state index in [0.29, 0.717) is 6.54 Å². The fourth-order valence-electron chi connectivity index (χ4n) is 2.16. The standard InChI is InChI=1S/C13H24N2O2/c1-3-4-7-14-13(17)10-15-8-5-12(6-9-15)11(2)16/h12H,3-10H2,1-2H3,(H,14,17). The van der Waals surface area contributed by atoms with Gasteiger partial charge in [0.2, 0.25) is 5.91 Å². The lowest BCUT2D eigenvalue weighted by Crippen LogP contribution is -2.42. The van der Waals surface area contributed by atoms with Gasteiger partial charge in [0.25, 0.3) is 0 Å². The van der Waals surface area contributed by atoms with Crippen molar-refractivity contribution in [2.75, 3.05) is 26.2 Å². The van der Waals surface area contributed by atoms with E-state index in [1.165, 1.54) is 0 Å². The van der Waals surface area contributed by atoms with E-state index in [0.717, 1.165) is 45.3 Å². The van der Waals surface area contributed by atoms with Crippen molar-refractivity contribution in [3.05, 3.63) is 0 Å². The van der Waals surface area contributed by atoms with Gasteiger partial charge in [0, 0.05) is 12.5 Å². The SMILES string of the molecule is CCCCNC(=O)CN1CCC(C(C)=O)CC1. The minimum Gasteiger partial charge on any atom is -0.355 e. The summed E-state index contributed by atoms with van der Waals surface area (Å²) in [5, 5.41) is 2.92. The molecule has 1 fully saturated rings. The Labute approximate surface area is 104 Å². The quantitative estimate of drug-likeness (QED) is 0.710. The van der Waals surface area contributed by atoms with Crippen LogP contribution in [-0.2, 0) is 9.59 Å². The summed E-state index contributed by atoms with van der Waals surface area (Å²) in [4.78, 5) is 24.9. The second-order valence-electron chi connectivity index (χ2n) is 4.86. The number of unbranched alkanes of at least 4 members (excludes halogenated alkanes) is 1. The number of ketones is 1. The fraction of sp³-hybridized carbons (Fsp3) is 0.846. The molecule has 1 saturated heterocycles. The Morgan fingerprint density at radius 1 is 1.29 bits per heavy atom. The van der Waals surface area contributed by atoms with Crippen molar-refractivity contribution in [2.24, 2.45) is 5.92 Å². The molecule has 17 heavy (non-hydrogen) atoms. The minimum atomic E-state index is 0.111. The number of hydrogen-bond acceptors (Lipinski definition) is 3. The molecule has 98 valence electrons. The molecule has 1 aliphatic heterocycles. The van der Waals surface area contributed by atoms with Crippen molar-refractivity contribution in [3.63, 3.8) is 0 Å². The van der Waals surface area contributed by atoms with Crippen LogP contribution in [0.2, 0.25) is 0 Å². The van der Waals surface area contributed by atoms with E-state index >= 15 is 0 Å². The average Bonchev–Trinajstić information content (AvgIpc) is 2.30. The predicted octanol–water partition coefficient (Wildman–Crippen LogP) is 1.20. The molecule has 1 aliphatic rings. The van der Waals surface area contributed by atoms with Crippen LogP contribution < -0.4 is 5.32 Å². The number of likely N-dealkylation sites (tertiary alicyclic amines) is 1. The third kappa shape index (κ3) is 5.31. The number of carbonyl (C=O) groups is 2. The first-order valence-electron chi connectivity index (χ1n) is 6.63. The van der Waals surface area contributed by atoms with Gasteiger partial charge in [-0.05, 0) is 39.3 Å². The molecular weight excluding hydrogens is 216 g/mol. The minimum absolute atomic E-state index is 0.111. The highest BCUT2D eigenvalue weighted by molar-refractivity contribution is 5.79. The summed E-state index contributed by atoms with van der Waals surface area (Å²) < 4.78 is 0. The van der Waals surface area contributed by atoms with Crippen molar-refractivity contribution in [3.8, 4) is 0 Å². The lowest BCUT2D eigenvalue weighted by atomic mass is 9.93. The molecule has 0 aromatic carbocycles. The van der Waals surface area contributed by atoms with E-state index in [1.807, 2.05) is 0 Å². The number of nitrogens with one attached hydrogen (secondary N) is 1. The molecule has 0 unspecified atom stereocenters. The summed E-state index contributed by atoms with van der Waals surface area (Å²) in [5.74, 6) is 0.617. The number of piperidine rings is 1. The Bertz CT molecular complexity index is 258. The van der Waals surface area contributed by atoms with Gasteiger partial charge in [-0.3, -0.25) is 14.5 Å². The topological polar surface area (TPSA) is 49.4 Å². The van der Waals surface area contributed by atoms with Crippen LogP contribution >= 0.6 is 0 Å². The molecule has 0 aromatic heterocycles. The molecule has 1 rings (SSSR count). The average molecular weight is 240 g/mol.